The highest BCUT2D eigenvalue weighted by atomic mass is 16.5. The van der Waals surface area contributed by atoms with Gasteiger partial charge in [-0.3, -0.25) is 9.69 Å². The van der Waals surface area contributed by atoms with E-state index in [1.165, 1.54) is 0 Å². The van der Waals surface area contributed by atoms with Gasteiger partial charge in [-0.25, -0.2) is 0 Å². The number of carbonyl (C=O) groups is 1. The second-order valence-corrected chi connectivity index (χ2v) is 4.96. The Bertz CT molecular complexity index is 254. The molecule has 2 saturated heterocycles. The van der Waals surface area contributed by atoms with Gasteiger partial charge in [0.15, 0.2) is 0 Å². The van der Waals surface area contributed by atoms with Crippen molar-refractivity contribution in [1.29, 1.82) is 0 Å². The molecule has 0 bridgehead atoms. The Balaban J connectivity index is 1.65. The minimum atomic E-state index is 0.120. The van der Waals surface area contributed by atoms with Gasteiger partial charge in [-0.05, 0) is 19.8 Å². The first-order valence-electron chi connectivity index (χ1n) is 6.59. The van der Waals surface area contributed by atoms with Gasteiger partial charge in [-0.1, -0.05) is 0 Å². The normalized spacial score (nSPS) is 30.4. The van der Waals surface area contributed by atoms with Crippen LogP contribution in [-0.2, 0) is 9.53 Å². The summed E-state index contributed by atoms with van der Waals surface area (Å²) in [5, 5.41) is 6.29. The number of ether oxygens (including phenoxy) is 1. The van der Waals surface area contributed by atoms with Gasteiger partial charge < -0.3 is 15.4 Å². The van der Waals surface area contributed by atoms with E-state index in [2.05, 4.69) is 22.5 Å². The van der Waals surface area contributed by atoms with Crippen molar-refractivity contribution in [2.75, 3.05) is 39.3 Å². The lowest BCUT2D eigenvalue weighted by atomic mass is 10.2. The summed E-state index contributed by atoms with van der Waals surface area (Å²) in [6, 6.07) is 0.442. The molecule has 2 atom stereocenters. The lowest BCUT2D eigenvalue weighted by Gasteiger charge is -2.33. The maximum Gasteiger partial charge on any atom is 0.234 e. The minimum absolute atomic E-state index is 0.120. The van der Waals surface area contributed by atoms with Crippen molar-refractivity contribution in [1.82, 2.24) is 15.5 Å². The van der Waals surface area contributed by atoms with Crippen molar-refractivity contribution in [3.8, 4) is 0 Å². The largest absolute Gasteiger partial charge is 0.376 e. The Morgan fingerprint density at radius 1 is 1.59 bits per heavy atom. The maximum absolute atomic E-state index is 11.8. The summed E-state index contributed by atoms with van der Waals surface area (Å²) in [6.07, 6.45) is 2.43. The van der Waals surface area contributed by atoms with Crippen molar-refractivity contribution in [3.63, 3.8) is 0 Å². The van der Waals surface area contributed by atoms with Crippen LogP contribution in [0.3, 0.4) is 0 Å². The molecule has 0 aromatic carbocycles. The fourth-order valence-electron chi connectivity index (χ4n) is 2.39. The van der Waals surface area contributed by atoms with E-state index in [1.807, 2.05) is 0 Å². The molecule has 0 radical (unpaired) electrons. The molecule has 0 aromatic heterocycles. The zero-order valence-corrected chi connectivity index (χ0v) is 10.6. The molecule has 2 aliphatic heterocycles. The molecule has 0 aromatic rings. The van der Waals surface area contributed by atoms with E-state index < -0.39 is 0 Å². The third kappa shape index (κ3) is 3.94. The van der Waals surface area contributed by atoms with Crippen LogP contribution >= 0.6 is 0 Å². The molecule has 2 N–H and O–H groups in total. The molecular formula is C12H23N3O2. The Morgan fingerprint density at radius 2 is 2.47 bits per heavy atom. The highest BCUT2D eigenvalue weighted by Crippen LogP contribution is 2.10. The van der Waals surface area contributed by atoms with Crippen molar-refractivity contribution in [2.24, 2.45) is 0 Å². The summed E-state index contributed by atoms with van der Waals surface area (Å²) < 4.78 is 5.48. The standard InChI is InChI=1S/C12H23N3O2/c1-10-7-13-4-5-15(10)9-12(16)14-8-11-3-2-6-17-11/h10-11,13H,2-9H2,1H3,(H,14,16)/t10-,11?/m1/s1. The molecule has 5 nitrogen and oxygen atoms in total. The van der Waals surface area contributed by atoms with Crippen LogP contribution in [0.5, 0.6) is 0 Å². The molecule has 17 heavy (non-hydrogen) atoms. The van der Waals surface area contributed by atoms with Gasteiger partial charge in [-0.15, -0.1) is 0 Å². The minimum Gasteiger partial charge on any atom is -0.376 e. The van der Waals surface area contributed by atoms with Crippen molar-refractivity contribution in [2.45, 2.75) is 31.9 Å². The Morgan fingerprint density at radius 3 is 3.18 bits per heavy atom. The number of hydrogen-bond acceptors (Lipinski definition) is 4. The summed E-state index contributed by atoms with van der Waals surface area (Å²) in [6.45, 7) is 7.07. The monoisotopic (exact) mass is 241 g/mol. The van der Waals surface area contributed by atoms with E-state index in [4.69, 9.17) is 4.74 Å². The predicted molar refractivity (Wildman–Crippen MR) is 65.9 cm³/mol. The zero-order chi connectivity index (χ0) is 12.1. The lowest BCUT2D eigenvalue weighted by molar-refractivity contribution is -0.123. The third-order valence-corrected chi connectivity index (χ3v) is 3.54. The topological polar surface area (TPSA) is 53.6 Å². The maximum atomic E-state index is 11.8. The van der Waals surface area contributed by atoms with Gasteiger partial charge in [0.25, 0.3) is 0 Å². The van der Waals surface area contributed by atoms with Crippen LogP contribution in [0.25, 0.3) is 0 Å². The summed E-state index contributed by atoms with van der Waals surface area (Å²) >= 11 is 0. The first-order valence-corrected chi connectivity index (χ1v) is 6.59. The number of hydrogen-bond donors (Lipinski definition) is 2. The number of nitrogens with one attached hydrogen (secondary N) is 2. The van der Waals surface area contributed by atoms with Gasteiger partial charge in [0.2, 0.25) is 5.91 Å². The van der Waals surface area contributed by atoms with E-state index in [0.29, 0.717) is 19.1 Å². The van der Waals surface area contributed by atoms with Crippen LogP contribution in [0.15, 0.2) is 0 Å². The van der Waals surface area contributed by atoms with Crippen LogP contribution < -0.4 is 10.6 Å². The molecule has 2 aliphatic rings. The number of rotatable bonds is 4. The summed E-state index contributed by atoms with van der Waals surface area (Å²) in [4.78, 5) is 14.0. The molecule has 0 aliphatic carbocycles. The van der Waals surface area contributed by atoms with Gasteiger partial charge in [-0.2, -0.15) is 0 Å². The average Bonchev–Trinajstić information content (AvgIpc) is 2.82. The van der Waals surface area contributed by atoms with Gasteiger partial charge in [0.1, 0.15) is 0 Å². The zero-order valence-electron chi connectivity index (χ0n) is 10.6. The third-order valence-electron chi connectivity index (χ3n) is 3.54. The van der Waals surface area contributed by atoms with E-state index in [9.17, 15) is 4.79 Å². The molecule has 1 unspecified atom stereocenters. The summed E-state index contributed by atoms with van der Waals surface area (Å²) in [7, 11) is 0. The first kappa shape index (κ1) is 12.8. The fourth-order valence-corrected chi connectivity index (χ4v) is 2.39. The Hall–Kier alpha value is -0.650. The van der Waals surface area contributed by atoms with Gasteiger partial charge >= 0.3 is 0 Å². The number of nitrogens with zero attached hydrogens (tertiary/aromatic N) is 1. The van der Waals surface area contributed by atoms with Crippen molar-refractivity contribution >= 4 is 5.91 Å². The highest BCUT2D eigenvalue weighted by Gasteiger charge is 2.21. The molecule has 5 heteroatoms. The number of carbonyl (C=O) groups excluding carboxylic acids is 1. The van der Waals surface area contributed by atoms with Crippen molar-refractivity contribution < 1.29 is 9.53 Å². The second-order valence-electron chi connectivity index (χ2n) is 4.96. The fraction of sp³-hybridized carbons (Fsp3) is 0.917. The molecule has 1 amide bonds. The van der Waals surface area contributed by atoms with Crippen LogP contribution in [0.1, 0.15) is 19.8 Å². The first-order chi connectivity index (χ1) is 8.25. The molecule has 2 rings (SSSR count). The summed E-state index contributed by atoms with van der Waals surface area (Å²) in [5.74, 6) is 0.120. The van der Waals surface area contributed by atoms with Crippen molar-refractivity contribution in [3.05, 3.63) is 0 Å². The molecule has 0 saturated carbocycles. The summed E-state index contributed by atoms with van der Waals surface area (Å²) in [5.41, 5.74) is 0. The number of piperazine rings is 1. The van der Waals surface area contributed by atoms with E-state index in [-0.39, 0.29) is 12.0 Å². The van der Waals surface area contributed by atoms with E-state index in [0.717, 1.165) is 39.1 Å². The lowest BCUT2D eigenvalue weighted by Crippen LogP contribution is -2.53. The average molecular weight is 241 g/mol. The molecule has 2 fully saturated rings. The quantitative estimate of drug-likeness (QED) is 0.701. The molecule has 0 spiro atoms. The van der Waals surface area contributed by atoms with Crippen LogP contribution in [0, 0.1) is 0 Å². The Labute approximate surface area is 103 Å². The van der Waals surface area contributed by atoms with E-state index >= 15 is 0 Å². The van der Waals surface area contributed by atoms with Gasteiger partial charge in [0, 0.05) is 38.8 Å². The van der Waals surface area contributed by atoms with E-state index in [1.54, 1.807) is 0 Å². The van der Waals surface area contributed by atoms with Crippen LogP contribution in [0.2, 0.25) is 0 Å². The molecule has 98 valence electrons. The number of amides is 1. The SMILES string of the molecule is C[C@@H]1CNCCN1CC(=O)NCC1CCCO1. The Kier molecular flexibility index (Phi) is 4.76. The van der Waals surface area contributed by atoms with Crippen LogP contribution in [-0.4, -0.2) is 62.3 Å². The molecule has 2 heterocycles. The van der Waals surface area contributed by atoms with Crippen LogP contribution in [0.4, 0.5) is 0 Å². The predicted octanol–water partition coefficient (Wildman–Crippen LogP) is -0.425. The van der Waals surface area contributed by atoms with Gasteiger partial charge in [0.05, 0.1) is 12.6 Å². The molecular weight excluding hydrogens is 218 g/mol. The highest BCUT2D eigenvalue weighted by molar-refractivity contribution is 5.78. The second kappa shape index (κ2) is 6.33. The smallest absolute Gasteiger partial charge is 0.234 e.